The lowest BCUT2D eigenvalue weighted by atomic mass is 9.78. The van der Waals surface area contributed by atoms with Crippen molar-refractivity contribution in [3.63, 3.8) is 0 Å². The molecule has 2 aromatic carbocycles. The standard InChI is InChI=1S/C22H25ClN2O3/c1-22(2,25)18(14-6-7-20-15(10-14)8-9-27-20)11-16(26)13-28-21-5-3-4-19(23)17(21)12-24/h3-7,10,16,18,26H,8-9,11,13,25H2,1-2H3/t16-,18?/m1/s1. The van der Waals surface area contributed by atoms with E-state index in [4.69, 9.17) is 26.8 Å². The van der Waals surface area contributed by atoms with Gasteiger partial charge in [0.05, 0.1) is 17.7 Å². The number of nitriles is 1. The summed E-state index contributed by atoms with van der Waals surface area (Å²) in [7, 11) is 0. The van der Waals surface area contributed by atoms with Gasteiger partial charge >= 0.3 is 0 Å². The van der Waals surface area contributed by atoms with E-state index in [0.717, 1.165) is 17.7 Å². The second kappa shape index (κ2) is 8.40. The van der Waals surface area contributed by atoms with Gasteiger partial charge in [-0.15, -0.1) is 0 Å². The Balaban J connectivity index is 1.72. The first-order valence-corrected chi connectivity index (χ1v) is 9.71. The van der Waals surface area contributed by atoms with Crippen LogP contribution in [0.25, 0.3) is 0 Å². The van der Waals surface area contributed by atoms with Crippen LogP contribution in [0.3, 0.4) is 0 Å². The molecule has 1 unspecified atom stereocenters. The molecule has 1 heterocycles. The number of aliphatic hydroxyl groups excluding tert-OH is 1. The number of rotatable bonds is 7. The Kier molecular flexibility index (Phi) is 6.14. The van der Waals surface area contributed by atoms with E-state index in [1.54, 1.807) is 18.2 Å². The summed E-state index contributed by atoms with van der Waals surface area (Å²) in [5, 5.41) is 20.2. The second-order valence-corrected chi connectivity index (χ2v) is 8.17. The highest BCUT2D eigenvalue weighted by atomic mass is 35.5. The van der Waals surface area contributed by atoms with Gasteiger partial charge in [-0.2, -0.15) is 5.26 Å². The average molecular weight is 401 g/mol. The molecule has 1 aliphatic rings. The molecule has 2 aromatic rings. The number of fused-ring (bicyclic) bond motifs is 1. The van der Waals surface area contributed by atoms with E-state index in [1.807, 2.05) is 32.0 Å². The van der Waals surface area contributed by atoms with Gasteiger partial charge in [0, 0.05) is 17.9 Å². The fraction of sp³-hybridized carbons (Fsp3) is 0.409. The molecule has 3 rings (SSSR count). The first-order valence-electron chi connectivity index (χ1n) is 9.33. The maximum Gasteiger partial charge on any atom is 0.138 e. The normalized spacial score (nSPS) is 15.3. The molecule has 0 spiro atoms. The molecule has 0 saturated carbocycles. The molecular formula is C22H25ClN2O3. The van der Waals surface area contributed by atoms with Crippen molar-refractivity contribution >= 4 is 11.6 Å². The van der Waals surface area contributed by atoms with E-state index in [1.165, 1.54) is 5.56 Å². The highest BCUT2D eigenvalue weighted by Crippen LogP contribution is 2.35. The summed E-state index contributed by atoms with van der Waals surface area (Å²) in [5.41, 5.74) is 8.43. The van der Waals surface area contributed by atoms with Crippen LogP contribution in [0, 0.1) is 11.3 Å². The third-order valence-electron chi connectivity index (χ3n) is 5.04. The largest absolute Gasteiger partial charge is 0.493 e. The van der Waals surface area contributed by atoms with Gasteiger partial charge in [0.25, 0.3) is 0 Å². The fourth-order valence-electron chi connectivity index (χ4n) is 3.55. The van der Waals surface area contributed by atoms with Crippen LogP contribution in [-0.2, 0) is 6.42 Å². The topological polar surface area (TPSA) is 88.5 Å². The molecule has 0 aromatic heterocycles. The number of ether oxygens (including phenoxy) is 2. The van der Waals surface area contributed by atoms with Gasteiger partial charge < -0.3 is 20.3 Å². The second-order valence-electron chi connectivity index (χ2n) is 7.76. The summed E-state index contributed by atoms with van der Waals surface area (Å²) < 4.78 is 11.3. The fourth-order valence-corrected chi connectivity index (χ4v) is 3.76. The Labute approximate surface area is 170 Å². The summed E-state index contributed by atoms with van der Waals surface area (Å²) in [6.45, 7) is 4.67. The van der Waals surface area contributed by atoms with Crippen molar-refractivity contribution in [2.45, 2.75) is 44.2 Å². The molecule has 28 heavy (non-hydrogen) atoms. The van der Waals surface area contributed by atoms with E-state index in [2.05, 4.69) is 6.07 Å². The summed E-state index contributed by atoms with van der Waals surface area (Å²) >= 11 is 6.02. The van der Waals surface area contributed by atoms with Crippen LogP contribution in [0.1, 0.15) is 42.9 Å². The third-order valence-corrected chi connectivity index (χ3v) is 5.36. The first-order chi connectivity index (χ1) is 13.3. The Morgan fingerprint density at radius 1 is 1.36 bits per heavy atom. The number of benzene rings is 2. The third kappa shape index (κ3) is 4.59. The highest BCUT2D eigenvalue weighted by molar-refractivity contribution is 6.31. The van der Waals surface area contributed by atoms with E-state index in [9.17, 15) is 10.4 Å². The van der Waals surface area contributed by atoms with Crippen LogP contribution in [-0.4, -0.2) is 30.0 Å². The summed E-state index contributed by atoms with van der Waals surface area (Å²) in [4.78, 5) is 0. The summed E-state index contributed by atoms with van der Waals surface area (Å²) in [5.74, 6) is 1.23. The molecule has 0 bridgehead atoms. The van der Waals surface area contributed by atoms with Gasteiger partial charge in [-0.3, -0.25) is 0 Å². The van der Waals surface area contributed by atoms with Crippen molar-refractivity contribution in [1.29, 1.82) is 5.26 Å². The van der Waals surface area contributed by atoms with Gasteiger partial charge in [-0.25, -0.2) is 0 Å². The van der Waals surface area contributed by atoms with Crippen LogP contribution >= 0.6 is 11.6 Å². The zero-order valence-corrected chi connectivity index (χ0v) is 16.9. The molecular weight excluding hydrogens is 376 g/mol. The Morgan fingerprint density at radius 2 is 2.14 bits per heavy atom. The minimum Gasteiger partial charge on any atom is -0.493 e. The van der Waals surface area contributed by atoms with Crippen LogP contribution in [0.15, 0.2) is 36.4 Å². The minimum absolute atomic E-state index is 0.0512. The Morgan fingerprint density at radius 3 is 2.86 bits per heavy atom. The minimum atomic E-state index is -0.747. The molecule has 5 nitrogen and oxygen atoms in total. The molecule has 0 amide bonds. The van der Waals surface area contributed by atoms with E-state index < -0.39 is 11.6 Å². The van der Waals surface area contributed by atoms with Gasteiger partial charge in [0.2, 0.25) is 0 Å². The monoisotopic (exact) mass is 400 g/mol. The van der Waals surface area contributed by atoms with E-state index >= 15 is 0 Å². The smallest absolute Gasteiger partial charge is 0.138 e. The number of halogens is 1. The molecule has 0 fully saturated rings. The predicted octanol–water partition coefficient (Wildman–Crippen LogP) is 3.80. The van der Waals surface area contributed by atoms with Crippen molar-refractivity contribution in [2.24, 2.45) is 5.73 Å². The van der Waals surface area contributed by atoms with Crippen molar-refractivity contribution in [2.75, 3.05) is 13.2 Å². The van der Waals surface area contributed by atoms with Gasteiger partial charge in [0.1, 0.15) is 29.7 Å². The summed E-state index contributed by atoms with van der Waals surface area (Å²) in [6, 6.07) is 13.2. The van der Waals surface area contributed by atoms with Gasteiger partial charge in [0.15, 0.2) is 0 Å². The molecule has 0 radical (unpaired) electrons. The number of hydrogen-bond acceptors (Lipinski definition) is 5. The predicted molar refractivity (Wildman–Crippen MR) is 109 cm³/mol. The number of aliphatic hydroxyl groups is 1. The van der Waals surface area contributed by atoms with Crippen LogP contribution in [0.4, 0.5) is 0 Å². The molecule has 0 aliphatic carbocycles. The zero-order chi connectivity index (χ0) is 20.3. The van der Waals surface area contributed by atoms with E-state index in [0.29, 0.717) is 23.8 Å². The van der Waals surface area contributed by atoms with Crippen LogP contribution < -0.4 is 15.2 Å². The maximum atomic E-state index is 10.6. The number of nitrogens with zero attached hydrogens (tertiary/aromatic N) is 1. The summed E-state index contributed by atoms with van der Waals surface area (Å²) in [6.07, 6.45) is 0.576. The average Bonchev–Trinajstić information content (AvgIpc) is 3.11. The molecule has 148 valence electrons. The molecule has 1 aliphatic heterocycles. The first kappa shape index (κ1) is 20.5. The van der Waals surface area contributed by atoms with Gasteiger partial charge in [-0.05, 0) is 49.6 Å². The van der Waals surface area contributed by atoms with Crippen molar-refractivity contribution in [3.05, 3.63) is 58.1 Å². The van der Waals surface area contributed by atoms with Crippen LogP contribution in [0.2, 0.25) is 5.02 Å². The Hall–Kier alpha value is -2.26. The zero-order valence-electron chi connectivity index (χ0n) is 16.1. The molecule has 2 atom stereocenters. The SMILES string of the molecule is CC(C)(N)C(C[C@@H](O)COc1cccc(Cl)c1C#N)c1ccc2c(c1)CCO2. The van der Waals surface area contributed by atoms with Crippen LogP contribution in [0.5, 0.6) is 11.5 Å². The van der Waals surface area contributed by atoms with Gasteiger partial charge in [-0.1, -0.05) is 29.8 Å². The van der Waals surface area contributed by atoms with Crippen molar-refractivity contribution in [1.82, 2.24) is 0 Å². The Bertz CT molecular complexity index is 886. The van der Waals surface area contributed by atoms with E-state index in [-0.39, 0.29) is 18.1 Å². The van der Waals surface area contributed by atoms with Crippen molar-refractivity contribution < 1.29 is 14.6 Å². The molecule has 3 N–H and O–H groups in total. The number of hydrogen-bond donors (Lipinski definition) is 2. The quantitative estimate of drug-likeness (QED) is 0.737. The number of nitrogens with two attached hydrogens (primary N) is 1. The van der Waals surface area contributed by atoms with Crippen molar-refractivity contribution in [3.8, 4) is 17.6 Å². The molecule has 0 saturated heterocycles. The lowest BCUT2D eigenvalue weighted by Crippen LogP contribution is -2.41. The highest BCUT2D eigenvalue weighted by Gasteiger charge is 2.30. The lowest BCUT2D eigenvalue weighted by molar-refractivity contribution is 0.0860. The molecule has 6 heteroatoms. The maximum absolute atomic E-state index is 10.6. The lowest BCUT2D eigenvalue weighted by Gasteiger charge is -2.33.